The van der Waals surface area contributed by atoms with Crippen molar-refractivity contribution >= 4 is 29.9 Å². The topological polar surface area (TPSA) is 45.7 Å². The second-order valence-corrected chi connectivity index (χ2v) is 5.55. The van der Waals surface area contributed by atoms with E-state index in [1.54, 1.807) is 14.2 Å². The van der Waals surface area contributed by atoms with E-state index in [0.29, 0.717) is 24.5 Å². The molecule has 0 bridgehead atoms. The van der Waals surface area contributed by atoms with Gasteiger partial charge in [0.25, 0.3) is 0 Å². The predicted molar refractivity (Wildman–Crippen MR) is 112 cm³/mol. The van der Waals surface area contributed by atoms with E-state index in [9.17, 15) is 8.78 Å². The molecule has 2 rings (SSSR count). The van der Waals surface area contributed by atoms with E-state index in [1.807, 2.05) is 24.3 Å². The van der Waals surface area contributed by atoms with E-state index >= 15 is 0 Å². The van der Waals surface area contributed by atoms with E-state index < -0.39 is 11.6 Å². The summed E-state index contributed by atoms with van der Waals surface area (Å²) in [6.45, 7) is 1.26. The smallest absolute Gasteiger partial charge is 0.190 e. The highest BCUT2D eigenvalue weighted by atomic mass is 127. The molecule has 0 aliphatic rings. The molecule has 2 N–H and O–H groups in total. The average molecular weight is 475 g/mol. The Balaban J connectivity index is 0.00000338. The Morgan fingerprint density at radius 3 is 1.96 bits per heavy atom. The third kappa shape index (κ3) is 7.55. The Labute approximate surface area is 170 Å². The highest BCUT2D eigenvalue weighted by molar-refractivity contribution is 14.0. The lowest BCUT2D eigenvalue weighted by Crippen LogP contribution is -2.39. The zero-order valence-corrected chi connectivity index (χ0v) is 17.2. The van der Waals surface area contributed by atoms with Gasteiger partial charge in [-0.25, -0.2) is 8.78 Å². The second kappa shape index (κ2) is 11.7. The number of aliphatic imine (C=N–C) groups is 1. The lowest BCUT2D eigenvalue weighted by molar-refractivity contribution is 0.414. The largest absolute Gasteiger partial charge is 0.497 e. The highest BCUT2D eigenvalue weighted by Gasteiger charge is 2.02. The summed E-state index contributed by atoms with van der Waals surface area (Å²) in [5, 5.41) is 6.35. The van der Waals surface area contributed by atoms with Crippen LogP contribution in [0.5, 0.6) is 5.75 Å². The molecule has 0 fully saturated rings. The van der Waals surface area contributed by atoms with Crippen molar-refractivity contribution in [2.75, 3.05) is 27.2 Å². The van der Waals surface area contributed by atoms with Crippen molar-refractivity contribution in [3.8, 4) is 5.75 Å². The minimum Gasteiger partial charge on any atom is -0.497 e. The van der Waals surface area contributed by atoms with Crippen LogP contribution >= 0.6 is 24.0 Å². The monoisotopic (exact) mass is 475 g/mol. The molecule has 0 saturated heterocycles. The van der Waals surface area contributed by atoms with Gasteiger partial charge in [0.1, 0.15) is 17.4 Å². The van der Waals surface area contributed by atoms with Crippen LogP contribution in [0.2, 0.25) is 0 Å². The number of nitrogens with one attached hydrogen (secondary N) is 2. The van der Waals surface area contributed by atoms with E-state index in [2.05, 4.69) is 15.6 Å². The van der Waals surface area contributed by atoms with Crippen LogP contribution in [0, 0.1) is 11.6 Å². The molecule has 0 unspecified atom stereocenters. The molecule has 142 valence electrons. The fraction of sp³-hybridized carbons (Fsp3) is 0.316. The van der Waals surface area contributed by atoms with Gasteiger partial charge in [-0.15, -0.1) is 24.0 Å². The number of hydrogen-bond donors (Lipinski definition) is 2. The van der Waals surface area contributed by atoms with Crippen molar-refractivity contribution in [3.05, 3.63) is 65.2 Å². The van der Waals surface area contributed by atoms with Crippen LogP contribution in [0.15, 0.2) is 47.5 Å². The summed E-state index contributed by atoms with van der Waals surface area (Å²) < 4.78 is 31.4. The van der Waals surface area contributed by atoms with Crippen molar-refractivity contribution in [1.29, 1.82) is 0 Å². The third-order valence-electron chi connectivity index (χ3n) is 3.72. The van der Waals surface area contributed by atoms with Crippen molar-refractivity contribution < 1.29 is 13.5 Å². The van der Waals surface area contributed by atoms with E-state index in [0.717, 1.165) is 24.8 Å². The fourth-order valence-electron chi connectivity index (χ4n) is 2.42. The van der Waals surface area contributed by atoms with Gasteiger partial charge < -0.3 is 15.4 Å². The molecule has 2 aromatic rings. The van der Waals surface area contributed by atoms with Crippen molar-refractivity contribution in [3.63, 3.8) is 0 Å². The summed E-state index contributed by atoms with van der Waals surface area (Å²) in [6, 6.07) is 11.5. The van der Waals surface area contributed by atoms with Crippen LogP contribution in [0.3, 0.4) is 0 Å². The van der Waals surface area contributed by atoms with E-state index in [1.165, 1.54) is 17.7 Å². The molecule has 0 spiro atoms. The quantitative estimate of drug-likeness (QED) is 0.366. The summed E-state index contributed by atoms with van der Waals surface area (Å²) in [5.74, 6) is 0.377. The van der Waals surface area contributed by atoms with Gasteiger partial charge in [-0.3, -0.25) is 4.99 Å². The fourth-order valence-corrected chi connectivity index (χ4v) is 2.42. The number of ether oxygens (including phenoxy) is 1. The molecule has 7 heteroatoms. The van der Waals surface area contributed by atoms with Crippen LogP contribution < -0.4 is 15.4 Å². The van der Waals surface area contributed by atoms with Crippen molar-refractivity contribution in [2.45, 2.75) is 12.8 Å². The van der Waals surface area contributed by atoms with Gasteiger partial charge in [-0.05, 0) is 48.2 Å². The molecular weight excluding hydrogens is 451 g/mol. The Bertz CT molecular complexity index is 688. The zero-order chi connectivity index (χ0) is 18.1. The normalized spacial score (nSPS) is 10.8. The Hall–Kier alpha value is -1.90. The lowest BCUT2D eigenvalue weighted by atomic mass is 10.1. The molecule has 0 atom stereocenters. The van der Waals surface area contributed by atoms with Crippen LogP contribution in [-0.4, -0.2) is 33.2 Å². The first-order valence-corrected chi connectivity index (χ1v) is 8.13. The number of halogens is 3. The molecule has 2 aromatic carbocycles. The highest BCUT2D eigenvalue weighted by Crippen LogP contribution is 2.11. The molecule has 0 amide bonds. The predicted octanol–water partition coefficient (Wildman–Crippen LogP) is 3.54. The summed E-state index contributed by atoms with van der Waals surface area (Å²) in [7, 11) is 3.33. The van der Waals surface area contributed by atoms with Crippen LogP contribution in [-0.2, 0) is 12.8 Å². The molecule has 0 heterocycles. The number of guanidine groups is 1. The number of hydrogen-bond acceptors (Lipinski definition) is 2. The van der Waals surface area contributed by atoms with Gasteiger partial charge in [0, 0.05) is 26.2 Å². The summed E-state index contributed by atoms with van der Waals surface area (Å²) in [5.41, 5.74) is 1.80. The Kier molecular flexibility index (Phi) is 9.93. The minimum atomic E-state index is -0.558. The van der Waals surface area contributed by atoms with Gasteiger partial charge in [-0.2, -0.15) is 0 Å². The van der Waals surface area contributed by atoms with E-state index in [4.69, 9.17) is 4.74 Å². The molecule has 0 aliphatic carbocycles. The number of methoxy groups -OCH3 is 1. The number of rotatable bonds is 7. The molecule has 26 heavy (non-hydrogen) atoms. The maximum absolute atomic E-state index is 13.2. The van der Waals surface area contributed by atoms with E-state index in [-0.39, 0.29) is 24.0 Å². The first kappa shape index (κ1) is 22.1. The minimum absolute atomic E-state index is 0. The van der Waals surface area contributed by atoms with Crippen LogP contribution in [0.25, 0.3) is 0 Å². The van der Waals surface area contributed by atoms with Gasteiger partial charge >= 0.3 is 0 Å². The van der Waals surface area contributed by atoms with Crippen LogP contribution in [0.1, 0.15) is 11.1 Å². The maximum atomic E-state index is 13.2. The zero-order valence-electron chi connectivity index (χ0n) is 14.9. The maximum Gasteiger partial charge on any atom is 0.190 e. The SMILES string of the molecule is CN=C(NCCc1ccc(OC)cc1)NCCc1cc(F)cc(F)c1.I. The average Bonchev–Trinajstić information content (AvgIpc) is 2.60. The number of benzene rings is 2. The number of nitrogens with zero attached hydrogens (tertiary/aromatic N) is 1. The van der Waals surface area contributed by atoms with Gasteiger partial charge in [0.2, 0.25) is 0 Å². The molecule has 4 nitrogen and oxygen atoms in total. The van der Waals surface area contributed by atoms with Gasteiger partial charge in [-0.1, -0.05) is 12.1 Å². The summed E-state index contributed by atoms with van der Waals surface area (Å²) in [6.07, 6.45) is 1.35. The van der Waals surface area contributed by atoms with Crippen molar-refractivity contribution in [1.82, 2.24) is 10.6 Å². The van der Waals surface area contributed by atoms with Gasteiger partial charge in [0.05, 0.1) is 7.11 Å². The third-order valence-corrected chi connectivity index (χ3v) is 3.72. The van der Waals surface area contributed by atoms with Crippen molar-refractivity contribution in [2.24, 2.45) is 4.99 Å². The van der Waals surface area contributed by atoms with Gasteiger partial charge in [0.15, 0.2) is 5.96 Å². The molecule has 0 aliphatic heterocycles. The first-order chi connectivity index (χ1) is 12.1. The second-order valence-electron chi connectivity index (χ2n) is 5.55. The molecule has 0 radical (unpaired) electrons. The lowest BCUT2D eigenvalue weighted by Gasteiger charge is -2.12. The molecular formula is C19H24F2IN3O. The molecule has 0 aromatic heterocycles. The summed E-state index contributed by atoms with van der Waals surface area (Å²) in [4.78, 5) is 4.14. The van der Waals surface area contributed by atoms with Crippen LogP contribution in [0.4, 0.5) is 8.78 Å². The standard InChI is InChI=1S/C19H23F2N3O.HI/c1-22-19(23-9-7-14-3-5-18(25-2)6-4-14)24-10-8-15-11-16(20)13-17(21)12-15;/h3-6,11-13H,7-10H2,1-2H3,(H2,22,23,24);1H. The first-order valence-electron chi connectivity index (χ1n) is 8.13. The Morgan fingerprint density at radius 2 is 1.46 bits per heavy atom. The summed E-state index contributed by atoms with van der Waals surface area (Å²) >= 11 is 0. The Morgan fingerprint density at radius 1 is 0.923 bits per heavy atom. The molecule has 0 saturated carbocycles.